The van der Waals surface area contributed by atoms with Crippen LogP contribution in [0, 0.1) is 0 Å². The molecular formula is C18H27N3O2. The standard InChI is InChI=1S/C18H27N3O2/c1-19(9-10-20-11-13-23-14-12-20)15-18(22)21-8-4-6-16-5-2-3-7-17(16)21/h2-3,5,7H,4,6,8-15H2,1H3. The van der Waals surface area contributed by atoms with Gasteiger partial charge in [-0.05, 0) is 31.5 Å². The van der Waals surface area contributed by atoms with Crippen molar-refractivity contribution < 1.29 is 9.53 Å². The van der Waals surface area contributed by atoms with Gasteiger partial charge >= 0.3 is 0 Å². The maximum Gasteiger partial charge on any atom is 0.241 e. The van der Waals surface area contributed by atoms with E-state index in [1.807, 2.05) is 18.0 Å². The molecule has 0 spiro atoms. The minimum Gasteiger partial charge on any atom is -0.379 e. The number of amides is 1. The predicted octanol–water partition coefficient (Wildman–Crippen LogP) is 1.23. The van der Waals surface area contributed by atoms with Gasteiger partial charge < -0.3 is 9.64 Å². The normalized spacial score (nSPS) is 19.0. The van der Waals surface area contributed by atoms with Crippen LogP contribution in [-0.4, -0.2) is 75.2 Å². The molecule has 1 aromatic rings. The third-order valence-corrected chi connectivity index (χ3v) is 4.72. The molecule has 1 fully saturated rings. The van der Waals surface area contributed by atoms with E-state index in [0.29, 0.717) is 6.54 Å². The summed E-state index contributed by atoms with van der Waals surface area (Å²) in [5.74, 6) is 0.210. The molecule has 5 heteroatoms. The molecule has 0 radical (unpaired) electrons. The lowest BCUT2D eigenvalue weighted by atomic mass is 10.0. The predicted molar refractivity (Wildman–Crippen MR) is 91.9 cm³/mol. The SMILES string of the molecule is CN(CCN1CCOCC1)CC(=O)N1CCCc2ccccc21. The number of carbonyl (C=O) groups excluding carboxylic acids is 1. The van der Waals surface area contributed by atoms with Crippen molar-refractivity contribution in [1.82, 2.24) is 9.80 Å². The second-order valence-corrected chi connectivity index (χ2v) is 6.47. The molecule has 2 aliphatic rings. The average Bonchev–Trinajstić information content (AvgIpc) is 2.60. The lowest BCUT2D eigenvalue weighted by Crippen LogP contribution is -2.45. The maximum atomic E-state index is 12.7. The van der Waals surface area contributed by atoms with E-state index in [1.54, 1.807) is 0 Å². The first kappa shape index (κ1) is 16.4. The number of carbonyl (C=O) groups is 1. The van der Waals surface area contributed by atoms with Gasteiger partial charge in [0.2, 0.25) is 5.91 Å². The highest BCUT2D eigenvalue weighted by Gasteiger charge is 2.23. The van der Waals surface area contributed by atoms with Gasteiger partial charge in [-0.1, -0.05) is 18.2 Å². The van der Waals surface area contributed by atoms with Crippen LogP contribution in [0.3, 0.4) is 0 Å². The molecule has 0 bridgehead atoms. The lowest BCUT2D eigenvalue weighted by molar-refractivity contribution is -0.119. The second kappa shape index (κ2) is 7.90. The van der Waals surface area contributed by atoms with Crippen LogP contribution >= 0.6 is 0 Å². The van der Waals surface area contributed by atoms with Crippen LogP contribution in [0.25, 0.3) is 0 Å². The Labute approximate surface area is 138 Å². The number of hydrogen-bond donors (Lipinski definition) is 0. The third-order valence-electron chi connectivity index (χ3n) is 4.72. The highest BCUT2D eigenvalue weighted by molar-refractivity contribution is 5.95. The van der Waals surface area contributed by atoms with Crippen LogP contribution in [0.4, 0.5) is 5.69 Å². The van der Waals surface area contributed by atoms with E-state index in [0.717, 1.165) is 64.5 Å². The molecule has 0 aromatic heterocycles. The zero-order chi connectivity index (χ0) is 16.1. The van der Waals surface area contributed by atoms with Gasteiger partial charge in [-0.25, -0.2) is 0 Å². The number of fused-ring (bicyclic) bond motifs is 1. The summed E-state index contributed by atoms with van der Waals surface area (Å²) in [6.07, 6.45) is 2.13. The molecule has 2 aliphatic heterocycles. The summed E-state index contributed by atoms with van der Waals surface area (Å²) >= 11 is 0. The Kier molecular flexibility index (Phi) is 5.65. The zero-order valence-electron chi connectivity index (χ0n) is 14.0. The molecule has 2 heterocycles. The quantitative estimate of drug-likeness (QED) is 0.818. The average molecular weight is 317 g/mol. The van der Waals surface area contributed by atoms with E-state index in [1.165, 1.54) is 5.56 Å². The number of nitrogens with zero attached hydrogens (tertiary/aromatic N) is 3. The van der Waals surface area contributed by atoms with Crippen LogP contribution in [-0.2, 0) is 16.0 Å². The van der Waals surface area contributed by atoms with Crippen LogP contribution < -0.4 is 4.90 Å². The fourth-order valence-corrected chi connectivity index (χ4v) is 3.32. The Balaban J connectivity index is 1.50. The molecule has 126 valence electrons. The first-order valence-corrected chi connectivity index (χ1v) is 8.61. The van der Waals surface area contributed by atoms with Gasteiger partial charge in [0.05, 0.1) is 19.8 Å². The van der Waals surface area contributed by atoms with Crippen LogP contribution in [0.5, 0.6) is 0 Å². The van der Waals surface area contributed by atoms with Gasteiger partial charge in [0.1, 0.15) is 0 Å². The van der Waals surface area contributed by atoms with E-state index in [-0.39, 0.29) is 5.91 Å². The fourth-order valence-electron chi connectivity index (χ4n) is 3.32. The van der Waals surface area contributed by atoms with Gasteiger partial charge in [-0.15, -0.1) is 0 Å². The molecule has 0 N–H and O–H groups in total. The summed E-state index contributed by atoms with van der Waals surface area (Å²) in [5, 5.41) is 0. The molecule has 0 unspecified atom stereocenters. The van der Waals surface area contributed by atoms with Crippen molar-refractivity contribution in [3.05, 3.63) is 29.8 Å². The van der Waals surface area contributed by atoms with Crippen molar-refractivity contribution in [3.63, 3.8) is 0 Å². The molecule has 1 aromatic carbocycles. The molecule has 0 atom stereocenters. The number of rotatable bonds is 5. The van der Waals surface area contributed by atoms with Crippen molar-refractivity contribution in [3.8, 4) is 0 Å². The topological polar surface area (TPSA) is 36.0 Å². The molecule has 5 nitrogen and oxygen atoms in total. The Morgan fingerprint density at radius 3 is 2.83 bits per heavy atom. The Morgan fingerprint density at radius 2 is 2.00 bits per heavy atom. The minimum absolute atomic E-state index is 0.210. The maximum absolute atomic E-state index is 12.7. The van der Waals surface area contributed by atoms with Crippen molar-refractivity contribution >= 4 is 11.6 Å². The van der Waals surface area contributed by atoms with Crippen molar-refractivity contribution in [2.24, 2.45) is 0 Å². The van der Waals surface area contributed by atoms with Crippen molar-refractivity contribution in [2.75, 3.05) is 64.4 Å². The van der Waals surface area contributed by atoms with E-state index < -0.39 is 0 Å². The summed E-state index contributed by atoms with van der Waals surface area (Å²) < 4.78 is 5.37. The zero-order valence-corrected chi connectivity index (χ0v) is 14.0. The number of aryl methyl sites for hydroxylation is 1. The largest absolute Gasteiger partial charge is 0.379 e. The fraction of sp³-hybridized carbons (Fsp3) is 0.611. The number of likely N-dealkylation sites (N-methyl/N-ethyl adjacent to an activating group) is 1. The first-order chi connectivity index (χ1) is 11.2. The van der Waals surface area contributed by atoms with Crippen LogP contribution in [0.2, 0.25) is 0 Å². The molecular weight excluding hydrogens is 290 g/mol. The van der Waals surface area contributed by atoms with E-state index >= 15 is 0 Å². The highest BCUT2D eigenvalue weighted by atomic mass is 16.5. The van der Waals surface area contributed by atoms with Crippen molar-refractivity contribution in [1.29, 1.82) is 0 Å². The van der Waals surface area contributed by atoms with E-state index in [2.05, 4.69) is 28.0 Å². The Hall–Kier alpha value is -1.43. The van der Waals surface area contributed by atoms with Gasteiger partial charge in [0, 0.05) is 38.4 Å². The van der Waals surface area contributed by atoms with Gasteiger partial charge in [-0.2, -0.15) is 0 Å². The molecule has 0 saturated carbocycles. The summed E-state index contributed by atoms with van der Waals surface area (Å²) in [4.78, 5) is 19.2. The summed E-state index contributed by atoms with van der Waals surface area (Å²) in [7, 11) is 2.04. The Morgan fingerprint density at radius 1 is 1.22 bits per heavy atom. The van der Waals surface area contributed by atoms with Crippen LogP contribution in [0.1, 0.15) is 12.0 Å². The monoisotopic (exact) mass is 317 g/mol. The molecule has 1 saturated heterocycles. The van der Waals surface area contributed by atoms with Gasteiger partial charge in [0.15, 0.2) is 0 Å². The number of anilines is 1. The summed E-state index contributed by atoms with van der Waals surface area (Å²) in [6, 6.07) is 8.28. The minimum atomic E-state index is 0.210. The van der Waals surface area contributed by atoms with Gasteiger partial charge in [0.25, 0.3) is 0 Å². The highest BCUT2D eigenvalue weighted by Crippen LogP contribution is 2.26. The van der Waals surface area contributed by atoms with Crippen molar-refractivity contribution in [2.45, 2.75) is 12.8 Å². The van der Waals surface area contributed by atoms with Crippen LogP contribution in [0.15, 0.2) is 24.3 Å². The summed E-state index contributed by atoms with van der Waals surface area (Å²) in [5.41, 5.74) is 2.40. The lowest BCUT2D eigenvalue weighted by Gasteiger charge is -2.32. The number of hydrogen-bond acceptors (Lipinski definition) is 4. The molecule has 0 aliphatic carbocycles. The number of benzene rings is 1. The van der Waals surface area contributed by atoms with Gasteiger partial charge in [-0.3, -0.25) is 14.6 Å². The molecule has 3 rings (SSSR count). The number of ether oxygens (including phenoxy) is 1. The second-order valence-electron chi connectivity index (χ2n) is 6.47. The first-order valence-electron chi connectivity index (χ1n) is 8.61. The number of morpholine rings is 1. The third kappa shape index (κ3) is 4.31. The summed E-state index contributed by atoms with van der Waals surface area (Å²) in [6.45, 7) is 6.90. The van der Waals surface area contributed by atoms with E-state index in [4.69, 9.17) is 4.74 Å². The van der Waals surface area contributed by atoms with E-state index in [9.17, 15) is 4.79 Å². The molecule has 1 amide bonds. The smallest absolute Gasteiger partial charge is 0.241 e. The number of para-hydroxylation sites is 1. The Bertz CT molecular complexity index is 529. The molecule has 23 heavy (non-hydrogen) atoms.